The van der Waals surface area contributed by atoms with Crippen molar-refractivity contribution in [2.45, 2.75) is 20.8 Å². The maximum Gasteiger partial charge on any atom is 0.272 e. The minimum Gasteiger partial charge on any atom is -0.321 e. The summed E-state index contributed by atoms with van der Waals surface area (Å²) >= 11 is 0. The van der Waals surface area contributed by atoms with Crippen molar-refractivity contribution in [1.82, 2.24) is 14.8 Å². The summed E-state index contributed by atoms with van der Waals surface area (Å²) in [6.45, 7) is 5.44. The molecule has 0 unspecified atom stereocenters. The first-order chi connectivity index (χ1) is 12.3. The highest BCUT2D eigenvalue weighted by atomic mass is 16.6. The number of benzene rings is 1. The van der Waals surface area contributed by atoms with E-state index in [2.05, 4.69) is 15.4 Å². The molecule has 0 fully saturated rings. The van der Waals surface area contributed by atoms with E-state index in [0.717, 1.165) is 11.4 Å². The second-order valence-corrected chi connectivity index (χ2v) is 5.96. The van der Waals surface area contributed by atoms with Gasteiger partial charge in [-0.05, 0) is 51.1 Å². The summed E-state index contributed by atoms with van der Waals surface area (Å²) in [5.74, 6) is 0.295. The number of carbonyl (C=O) groups is 1. The average Bonchev–Trinajstić information content (AvgIpc) is 2.93. The van der Waals surface area contributed by atoms with Gasteiger partial charge >= 0.3 is 0 Å². The van der Waals surface area contributed by atoms with Gasteiger partial charge in [0.25, 0.3) is 11.6 Å². The molecule has 0 spiro atoms. The number of hydrogen-bond donors (Lipinski definition) is 1. The summed E-state index contributed by atoms with van der Waals surface area (Å²) in [6, 6.07) is 9.69. The fourth-order valence-corrected chi connectivity index (χ4v) is 2.65. The molecule has 0 saturated carbocycles. The van der Waals surface area contributed by atoms with Crippen LogP contribution in [0.2, 0.25) is 0 Å². The highest BCUT2D eigenvalue weighted by Crippen LogP contribution is 2.20. The number of aromatic nitrogens is 3. The first-order valence-corrected chi connectivity index (χ1v) is 7.91. The fourth-order valence-electron chi connectivity index (χ4n) is 2.65. The van der Waals surface area contributed by atoms with E-state index in [0.29, 0.717) is 22.6 Å². The van der Waals surface area contributed by atoms with Crippen molar-refractivity contribution in [2.75, 3.05) is 5.32 Å². The zero-order valence-electron chi connectivity index (χ0n) is 14.6. The third kappa shape index (κ3) is 3.44. The minimum atomic E-state index is -0.474. The number of anilines is 1. The van der Waals surface area contributed by atoms with Crippen LogP contribution in [0.5, 0.6) is 0 Å². The number of hydrogen-bond acceptors (Lipinski definition) is 5. The normalized spacial score (nSPS) is 10.6. The van der Waals surface area contributed by atoms with Crippen LogP contribution < -0.4 is 5.32 Å². The summed E-state index contributed by atoms with van der Waals surface area (Å²) in [4.78, 5) is 27.0. The van der Waals surface area contributed by atoms with Gasteiger partial charge in [-0.1, -0.05) is 0 Å². The van der Waals surface area contributed by atoms with Gasteiger partial charge in [-0.2, -0.15) is 5.10 Å². The Kier molecular flexibility index (Phi) is 4.49. The third-order valence-corrected chi connectivity index (χ3v) is 3.89. The summed E-state index contributed by atoms with van der Waals surface area (Å²) < 4.78 is 1.72. The molecule has 26 heavy (non-hydrogen) atoms. The molecule has 0 aliphatic heterocycles. The summed E-state index contributed by atoms with van der Waals surface area (Å²) in [7, 11) is 0. The molecule has 3 aromatic rings. The summed E-state index contributed by atoms with van der Waals surface area (Å²) in [5, 5.41) is 18.0. The summed E-state index contributed by atoms with van der Waals surface area (Å²) in [6.07, 6.45) is 1.54. The van der Waals surface area contributed by atoms with Gasteiger partial charge in [-0.3, -0.25) is 14.9 Å². The van der Waals surface area contributed by atoms with E-state index >= 15 is 0 Å². The highest BCUT2D eigenvalue weighted by molar-refractivity contribution is 6.04. The number of amides is 1. The van der Waals surface area contributed by atoms with Crippen molar-refractivity contribution in [2.24, 2.45) is 0 Å². The molecule has 1 N–H and O–H groups in total. The maximum atomic E-state index is 12.3. The fraction of sp³-hybridized carbons (Fsp3) is 0.167. The van der Waals surface area contributed by atoms with E-state index in [4.69, 9.17) is 0 Å². The van der Waals surface area contributed by atoms with Crippen molar-refractivity contribution >= 4 is 17.3 Å². The lowest BCUT2D eigenvalue weighted by molar-refractivity contribution is -0.385. The number of nitrogens with one attached hydrogen (secondary N) is 1. The molecule has 0 atom stereocenters. The predicted molar refractivity (Wildman–Crippen MR) is 96.6 cm³/mol. The number of pyridine rings is 1. The Hall–Kier alpha value is -3.55. The molecular weight excluding hydrogens is 334 g/mol. The van der Waals surface area contributed by atoms with Crippen LogP contribution in [-0.2, 0) is 0 Å². The second kappa shape index (κ2) is 6.75. The van der Waals surface area contributed by atoms with Crippen molar-refractivity contribution in [1.29, 1.82) is 0 Å². The van der Waals surface area contributed by atoms with Gasteiger partial charge in [0.15, 0.2) is 5.82 Å². The van der Waals surface area contributed by atoms with Crippen LogP contribution in [0, 0.1) is 30.9 Å². The van der Waals surface area contributed by atoms with E-state index < -0.39 is 4.92 Å². The van der Waals surface area contributed by atoms with Gasteiger partial charge in [0.2, 0.25) is 0 Å². The number of nitro groups is 1. The highest BCUT2D eigenvalue weighted by Gasteiger charge is 2.14. The molecule has 3 rings (SSSR count). The topological polar surface area (TPSA) is 103 Å². The van der Waals surface area contributed by atoms with Crippen LogP contribution in [0.3, 0.4) is 0 Å². The van der Waals surface area contributed by atoms with Crippen LogP contribution in [0.4, 0.5) is 11.4 Å². The van der Waals surface area contributed by atoms with Gasteiger partial charge in [0.05, 0.1) is 22.5 Å². The van der Waals surface area contributed by atoms with Crippen LogP contribution in [0.15, 0.2) is 42.6 Å². The van der Waals surface area contributed by atoms with Crippen LogP contribution >= 0.6 is 0 Å². The predicted octanol–water partition coefficient (Wildman–Crippen LogP) is 3.35. The largest absolute Gasteiger partial charge is 0.321 e. The lowest BCUT2D eigenvalue weighted by Crippen LogP contribution is -2.13. The summed E-state index contributed by atoms with van der Waals surface area (Å²) in [5.41, 5.74) is 3.15. The first-order valence-electron chi connectivity index (χ1n) is 7.91. The van der Waals surface area contributed by atoms with Crippen LogP contribution in [0.25, 0.3) is 5.82 Å². The van der Waals surface area contributed by atoms with Crippen LogP contribution in [-0.4, -0.2) is 25.6 Å². The standard InChI is InChI=1S/C18H17N5O3/c1-11-8-14(4-6-16(11)23(25)26)18(24)20-15-5-7-17(19-10-15)22-13(3)9-12(2)21-22/h4-10H,1-3H3,(H,20,24). The van der Waals surface area contributed by atoms with E-state index in [1.807, 2.05) is 19.9 Å². The number of rotatable bonds is 4. The van der Waals surface area contributed by atoms with Gasteiger partial charge in [-0.15, -0.1) is 0 Å². The second-order valence-electron chi connectivity index (χ2n) is 5.96. The Balaban J connectivity index is 1.77. The molecule has 0 saturated heterocycles. The first kappa shape index (κ1) is 17.3. The van der Waals surface area contributed by atoms with Gasteiger partial charge in [-0.25, -0.2) is 9.67 Å². The number of nitrogens with zero attached hydrogens (tertiary/aromatic N) is 4. The Morgan fingerprint density at radius 1 is 1.15 bits per heavy atom. The SMILES string of the molecule is Cc1cc(C)n(-c2ccc(NC(=O)c3ccc([N+](=O)[O-])c(C)c3)cn2)n1. The van der Waals surface area contributed by atoms with Crippen molar-refractivity contribution in [3.8, 4) is 5.82 Å². The molecule has 0 bridgehead atoms. The molecule has 2 heterocycles. The lowest BCUT2D eigenvalue weighted by Gasteiger charge is -2.08. The smallest absolute Gasteiger partial charge is 0.272 e. The van der Waals surface area contributed by atoms with E-state index in [9.17, 15) is 14.9 Å². The zero-order valence-corrected chi connectivity index (χ0v) is 14.6. The molecule has 1 aromatic carbocycles. The molecule has 1 amide bonds. The average molecular weight is 351 g/mol. The molecule has 0 radical (unpaired) electrons. The van der Waals surface area contributed by atoms with E-state index in [-0.39, 0.29) is 11.6 Å². The minimum absolute atomic E-state index is 0.0162. The molecule has 132 valence electrons. The van der Waals surface area contributed by atoms with Crippen molar-refractivity contribution < 1.29 is 9.72 Å². The lowest BCUT2D eigenvalue weighted by atomic mass is 10.1. The quantitative estimate of drug-likeness (QED) is 0.573. The number of aryl methyl sites for hydroxylation is 3. The van der Waals surface area contributed by atoms with E-state index in [1.165, 1.54) is 18.2 Å². The van der Waals surface area contributed by atoms with Crippen molar-refractivity contribution in [3.63, 3.8) is 0 Å². The maximum absolute atomic E-state index is 12.3. The van der Waals surface area contributed by atoms with Crippen LogP contribution in [0.1, 0.15) is 27.3 Å². The molecule has 2 aromatic heterocycles. The molecule has 8 nitrogen and oxygen atoms in total. The Bertz CT molecular complexity index is 993. The Morgan fingerprint density at radius 3 is 2.46 bits per heavy atom. The van der Waals surface area contributed by atoms with Gasteiger partial charge in [0.1, 0.15) is 0 Å². The number of nitro benzene ring substituents is 1. The monoisotopic (exact) mass is 351 g/mol. The Labute approximate surface area is 149 Å². The molecular formula is C18H17N5O3. The molecule has 8 heteroatoms. The molecule has 0 aliphatic carbocycles. The Morgan fingerprint density at radius 2 is 1.92 bits per heavy atom. The number of carbonyl (C=O) groups excluding carboxylic acids is 1. The third-order valence-electron chi connectivity index (χ3n) is 3.89. The molecule has 0 aliphatic rings. The zero-order chi connectivity index (χ0) is 18.8. The van der Waals surface area contributed by atoms with Gasteiger partial charge < -0.3 is 5.32 Å². The van der Waals surface area contributed by atoms with E-state index in [1.54, 1.807) is 29.9 Å². The van der Waals surface area contributed by atoms with Gasteiger partial charge in [0, 0.05) is 22.9 Å². The van der Waals surface area contributed by atoms with Crippen molar-refractivity contribution in [3.05, 3.63) is 75.2 Å².